The molecule has 31 heavy (non-hydrogen) atoms. The van der Waals surface area contributed by atoms with Gasteiger partial charge in [0.05, 0.1) is 18.4 Å². The molecule has 1 fully saturated rings. The Labute approximate surface area is 194 Å². The Hall–Kier alpha value is -2.02. The number of thioether (sulfide) groups is 1. The standard InChI is InChI=1S/C24H30ClN5S/c1-18-4-11-23(26-14-18)29(3)17-22-15-27-24(30(22)21-9-7-20(25)8-10-21)31-13-12-28(2)16-19-5-6-19/h4,7-11,14-15,19H,5-6,12-13,16-17H2,1-3H3. The summed E-state index contributed by atoms with van der Waals surface area (Å²) in [7, 11) is 4.29. The van der Waals surface area contributed by atoms with Gasteiger partial charge < -0.3 is 9.80 Å². The number of aromatic nitrogens is 3. The van der Waals surface area contributed by atoms with Crippen molar-refractivity contribution < 1.29 is 0 Å². The van der Waals surface area contributed by atoms with Crippen molar-refractivity contribution in [1.29, 1.82) is 0 Å². The molecule has 0 unspecified atom stereocenters. The molecule has 0 N–H and O–H groups in total. The number of imidazole rings is 1. The van der Waals surface area contributed by atoms with Crippen LogP contribution in [0.2, 0.25) is 5.02 Å². The first kappa shape index (κ1) is 22.2. The summed E-state index contributed by atoms with van der Waals surface area (Å²) >= 11 is 7.95. The van der Waals surface area contributed by atoms with Crippen LogP contribution in [0.15, 0.2) is 53.9 Å². The highest BCUT2D eigenvalue weighted by atomic mass is 35.5. The second-order valence-electron chi connectivity index (χ2n) is 8.45. The van der Waals surface area contributed by atoms with Crippen molar-refractivity contribution in [2.75, 3.05) is 37.8 Å². The van der Waals surface area contributed by atoms with Crippen LogP contribution in [0.4, 0.5) is 5.82 Å². The first-order valence-corrected chi connectivity index (χ1v) is 12.1. The lowest BCUT2D eigenvalue weighted by Crippen LogP contribution is -2.23. The van der Waals surface area contributed by atoms with Gasteiger partial charge in [-0.25, -0.2) is 9.97 Å². The number of hydrogen-bond acceptors (Lipinski definition) is 5. The second kappa shape index (κ2) is 10.1. The molecule has 0 amide bonds. The molecule has 0 spiro atoms. The van der Waals surface area contributed by atoms with Crippen LogP contribution in [0.25, 0.3) is 5.69 Å². The van der Waals surface area contributed by atoms with E-state index >= 15 is 0 Å². The third kappa shape index (κ3) is 6.03. The van der Waals surface area contributed by atoms with Crippen LogP contribution < -0.4 is 4.90 Å². The molecule has 1 aliphatic rings. The summed E-state index contributed by atoms with van der Waals surface area (Å²) in [6.07, 6.45) is 6.67. The van der Waals surface area contributed by atoms with Crippen LogP contribution in [-0.4, -0.2) is 52.4 Å². The highest BCUT2D eigenvalue weighted by molar-refractivity contribution is 7.99. The van der Waals surface area contributed by atoms with E-state index in [1.54, 1.807) is 0 Å². The third-order valence-corrected chi connectivity index (χ3v) is 6.73. The van der Waals surface area contributed by atoms with Gasteiger partial charge in [-0.05, 0) is 68.6 Å². The van der Waals surface area contributed by atoms with Crippen molar-refractivity contribution in [3.63, 3.8) is 0 Å². The maximum absolute atomic E-state index is 6.14. The molecular weight excluding hydrogens is 426 g/mol. The molecule has 4 rings (SSSR count). The fourth-order valence-corrected chi connectivity index (χ4v) is 4.77. The Kier molecular flexibility index (Phi) is 7.20. The topological polar surface area (TPSA) is 37.2 Å². The molecule has 5 nitrogen and oxygen atoms in total. The Balaban J connectivity index is 1.51. The molecule has 1 saturated carbocycles. The molecule has 2 heterocycles. The molecule has 3 aromatic rings. The molecule has 2 aromatic heterocycles. The van der Waals surface area contributed by atoms with Gasteiger partial charge >= 0.3 is 0 Å². The summed E-state index contributed by atoms with van der Waals surface area (Å²) in [6.45, 7) is 5.05. The minimum absolute atomic E-state index is 0.716. The average Bonchev–Trinajstić information content (AvgIpc) is 3.48. The lowest BCUT2D eigenvalue weighted by atomic mass is 10.3. The van der Waals surface area contributed by atoms with E-state index in [4.69, 9.17) is 16.6 Å². The largest absolute Gasteiger partial charge is 0.354 e. The van der Waals surface area contributed by atoms with E-state index in [0.29, 0.717) is 6.54 Å². The van der Waals surface area contributed by atoms with Crippen LogP contribution in [-0.2, 0) is 6.54 Å². The molecule has 0 radical (unpaired) electrons. The molecular formula is C24H30ClN5S. The minimum atomic E-state index is 0.716. The Bertz CT molecular complexity index is 982. The zero-order valence-corrected chi connectivity index (χ0v) is 20.0. The first-order chi connectivity index (χ1) is 15.0. The Morgan fingerprint density at radius 1 is 1.06 bits per heavy atom. The highest BCUT2D eigenvalue weighted by Gasteiger charge is 2.22. The molecule has 1 aliphatic carbocycles. The second-order valence-corrected chi connectivity index (χ2v) is 9.95. The molecule has 7 heteroatoms. The summed E-state index contributed by atoms with van der Waals surface area (Å²) < 4.78 is 2.24. The summed E-state index contributed by atoms with van der Waals surface area (Å²) in [4.78, 5) is 13.9. The Morgan fingerprint density at radius 3 is 2.52 bits per heavy atom. The number of hydrogen-bond donors (Lipinski definition) is 0. The number of nitrogens with zero attached hydrogens (tertiary/aromatic N) is 5. The lowest BCUT2D eigenvalue weighted by Gasteiger charge is -2.20. The van der Waals surface area contributed by atoms with Crippen molar-refractivity contribution in [1.82, 2.24) is 19.4 Å². The Morgan fingerprint density at radius 2 is 1.84 bits per heavy atom. The van der Waals surface area contributed by atoms with E-state index in [0.717, 1.165) is 51.2 Å². The molecule has 0 atom stereocenters. The molecule has 0 bridgehead atoms. The molecule has 0 saturated heterocycles. The van der Waals surface area contributed by atoms with Crippen molar-refractivity contribution in [2.45, 2.75) is 31.5 Å². The zero-order valence-electron chi connectivity index (χ0n) is 18.5. The zero-order chi connectivity index (χ0) is 21.8. The summed E-state index contributed by atoms with van der Waals surface area (Å²) in [5.74, 6) is 2.89. The van der Waals surface area contributed by atoms with Crippen LogP contribution >= 0.6 is 23.4 Å². The van der Waals surface area contributed by atoms with E-state index < -0.39 is 0 Å². The quantitative estimate of drug-likeness (QED) is 0.388. The van der Waals surface area contributed by atoms with Gasteiger partial charge in [0.2, 0.25) is 0 Å². The maximum atomic E-state index is 6.14. The van der Waals surface area contributed by atoms with Gasteiger partial charge in [0.15, 0.2) is 5.16 Å². The van der Waals surface area contributed by atoms with Gasteiger partial charge in [-0.1, -0.05) is 29.4 Å². The lowest BCUT2D eigenvalue weighted by molar-refractivity contribution is 0.340. The van der Waals surface area contributed by atoms with E-state index in [1.165, 1.54) is 19.4 Å². The fourth-order valence-electron chi connectivity index (χ4n) is 3.58. The number of anilines is 1. The number of aryl methyl sites for hydroxylation is 1. The van der Waals surface area contributed by atoms with Gasteiger partial charge in [-0.2, -0.15) is 0 Å². The molecule has 0 aliphatic heterocycles. The van der Waals surface area contributed by atoms with Crippen molar-refractivity contribution in [2.24, 2.45) is 5.92 Å². The number of halogens is 1. The van der Waals surface area contributed by atoms with E-state index in [9.17, 15) is 0 Å². The van der Waals surface area contributed by atoms with Crippen LogP contribution in [0, 0.1) is 12.8 Å². The van der Waals surface area contributed by atoms with Gasteiger partial charge in [-0.3, -0.25) is 4.57 Å². The van der Waals surface area contributed by atoms with Crippen molar-refractivity contribution in [3.8, 4) is 5.69 Å². The van der Waals surface area contributed by atoms with E-state index in [-0.39, 0.29) is 0 Å². The van der Waals surface area contributed by atoms with Gasteiger partial charge in [0, 0.05) is 42.8 Å². The average molecular weight is 456 g/mol. The van der Waals surface area contributed by atoms with Crippen LogP contribution in [0.5, 0.6) is 0 Å². The number of benzene rings is 1. The monoisotopic (exact) mass is 455 g/mol. The predicted molar refractivity (Wildman–Crippen MR) is 131 cm³/mol. The minimum Gasteiger partial charge on any atom is -0.354 e. The van der Waals surface area contributed by atoms with E-state index in [1.807, 2.05) is 36.3 Å². The maximum Gasteiger partial charge on any atom is 0.172 e. The molecule has 164 valence electrons. The van der Waals surface area contributed by atoms with Gasteiger partial charge in [-0.15, -0.1) is 0 Å². The smallest absolute Gasteiger partial charge is 0.172 e. The first-order valence-electron chi connectivity index (χ1n) is 10.8. The van der Waals surface area contributed by atoms with E-state index in [2.05, 4.69) is 64.6 Å². The van der Waals surface area contributed by atoms with Crippen molar-refractivity contribution >= 4 is 29.2 Å². The van der Waals surface area contributed by atoms with Crippen LogP contribution in [0.3, 0.4) is 0 Å². The normalized spacial score (nSPS) is 13.7. The highest BCUT2D eigenvalue weighted by Crippen LogP contribution is 2.30. The molecule has 1 aromatic carbocycles. The van der Waals surface area contributed by atoms with Gasteiger partial charge in [0.1, 0.15) is 5.82 Å². The number of rotatable bonds is 10. The predicted octanol–water partition coefficient (Wildman–Crippen LogP) is 5.30. The summed E-state index contributed by atoms with van der Waals surface area (Å²) in [6, 6.07) is 12.1. The summed E-state index contributed by atoms with van der Waals surface area (Å²) in [5.41, 5.74) is 3.37. The summed E-state index contributed by atoms with van der Waals surface area (Å²) in [5, 5.41) is 1.75. The SMILES string of the molecule is Cc1ccc(N(C)Cc2cnc(SCCN(C)CC3CC3)n2-c2ccc(Cl)cc2)nc1. The van der Waals surface area contributed by atoms with Crippen LogP contribution in [0.1, 0.15) is 24.1 Å². The number of pyridine rings is 1. The fraction of sp³-hybridized carbons (Fsp3) is 0.417. The third-order valence-electron chi connectivity index (χ3n) is 5.54. The van der Waals surface area contributed by atoms with Gasteiger partial charge in [0.25, 0.3) is 0 Å². The van der Waals surface area contributed by atoms with Crippen molar-refractivity contribution in [3.05, 3.63) is 65.1 Å².